The summed E-state index contributed by atoms with van der Waals surface area (Å²) < 4.78 is 10.6. The molecule has 1 N–H and O–H groups in total. The summed E-state index contributed by atoms with van der Waals surface area (Å²) in [6.07, 6.45) is 4.75. The molecule has 28 heavy (non-hydrogen) atoms. The van der Waals surface area contributed by atoms with E-state index in [0.717, 1.165) is 42.6 Å². The highest BCUT2D eigenvalue weighted by atomic mass is 16.5. The van der Waals surface area contributed by atoms with E-state index < -0.39 is 5.41 Å². The topological polar surface area (TPSA) is 84.9 Å². The monoisotopic (exact) mass is 388 g/mol. The van der Waals surface area contributed by atoms with Crippen LogP contribution in [0.5, 0.6) is 11.5 Å². The molecule has 7 heteroatoms. The van der Waals surface area contributed by atoms with Crippen molar-refractivity contribution in [3.05, 3.63) is 23.8 Å². The van der Waals surface area contributed by atoms with Crippen LogP contribution in [0.15, 0.2) is 18.2 Å². The molecule has 1 saturated heterocycles. The van der Waals surface area contributed by atoms with E-state index in [4.69, 9.17) is 9.47 Å². The van der Waals surface area contributed by atoms with Gasteiger partial charge in [0.05, 0.1) is 25.7 Å². The van der Waals surface area contributed by atoms with E-state index in [0.29, 0.717) is 11.5 Å². The minimum atomic E-state index is -0.572. The highest BCUT2D eigenvalue weighted by Crippen LogP contribution is 2.45. The van der Waals surface area contributed by atoms with Crippen molar-refractivity contribution < 1.29 is 23.9 Å². The molecule has 3 amide bonds. The predicted octanol–water partition coefficient (Wildman–Crippen LogP) is 2.59. The highest BCUT2D eigenvalue weighted by Gasteiger charge is 2.51. The maximum atomic E-state index is 12.9. The molecule has 1 aromatic carbocycles. The van der Waals surface area contributed by atoms with Crippen LogP contribution in [0.25, 0.3) is 0 Å². The maximum Gasteiger partial charge on any atom is 0.240 e. The van der Waals surface area contributed by atoms with Crippen molar-refractivity contribution in [1.82, 2.24) is 10.2 Å². The number of nitrogens with one attached hydrogen (secondary N) is 1. The molecule has 1 aliphatic carbocycles. The van der Waals surface area contributed by atoms with Gasteiger partial charge in [0, 0.05) is 12.0 Å². The number of amides is 3. The fraction of sp³-hybridized carbons (Fsp3) is 0.571. The third-order valence-electron chi connectivity index (χ3n) is 5.88. The van der Waals surface area contributed by atoms with Crippen molar-refractivity contribution in [2.24, 2.45) is 5.41 Å². The number of hydrogen-bond acceptors (Lipinski definition) is 5. The van der Waals surface area contributed by atoms with Gasteiger partial charge in [-0.2, -0.15) is 0 Å². The quantitative estimate of drug-likeness (QED) is 0.757. The summed E-state index contributed by atoms with van der Waals surface area (Å²) >= 11 is 0. The van der Waals surface area contributed by atoms with Gasteiger partial charge in [-0.25, -0.2) is 0 Å². The molecule has 1 spiro atoms. The molecule has 2 fully saturated rings. The van der Waals surface area contributed by atoms with Gasteiger partial charge in [0.1, 0.15) is 18.0 Å². The summed E-state index contributed by atoms with van der Waals surface area (Å²) in [5, 5.41) is 2.86. The summed E-state index contributed by atoms with van der Waals surface area (Å²) in [7, 11) is 3.13. The average molecular weight is 388 g/mol. The number of methoxy groups -OCH3 is 2. The Balaban J connectivity index is 1.67. The second-order valence-corrected chi connectivity index (χ2v) is 7.70. The molecule has 1 unspecified atom stereocenters. The van der Waals surface area contributed by atoms with Crippen LogP contribution >= 0.6 is 0 Å². The third-order valence-corrected chi connectivity index (χ3v) is 5.88. The van der Waals surface area contributed by atoms with Gasteiger partial charge in [0.15, 0.2) is 0 Å². The average Bonchev–Trinajstić information content (AvgIpc) is 2.91. The Morgan fingerprint density at radius 3 is 2.54 bits per heavy atom. The van der Waals surface area contributed by atoms with Crippen molar-refractivity contribution in [2.45, 2.75) is 51.5 Å². The molecule has 1 aliphatic heterocycles. The molecule has 1 heterocycles. The molecule has 1 saturated carbocycles. The first-order chi connectivity index (χ1) is 13.4. The molecule has 0 bridgehead atoms. The Kier molecular flexibility index (Phi) is 5.91. The number of carbonyl (C=O) groups excluding carboxylic acids is 3. The van der Waals surface area contributed by atoms with E-state index in [1.807, 2.05) is 6.92 Å². The molecular weight excluding hydrogens is 360 g/mol. The smallest absolute Gasteiger partial charge is 0.240 e. The molecule has 3 rings (SSSR count). The predicted molar refractivity (Wildman–Crippen MR) is 103 cm³/mol. The lowest BCUT2D eigenvalue weighted by Crippen LogP contribution is -2.43. The SMILES string of the molecule is COc1ccc(OC)c(C(C)NC(=O)CN2C(=O)CC3(CCCCC3)C2=O)c1. The highest BCUT2D eigenvalue weighted by molar-refractivity contribution is 6.08. The first kappa shape index (κ1) is 20.2. The standard InChI is InChI=1S/C21H28N2O5/c1-14(16-11-15(27-2)7-8-17(16)28-3)22-18(24)13-23-19(25)12-21(20(23)26)9-5-4-6-10-21/h7-8,11,14H,4-6,9-10,12-13H2,1-3H3,(H,22,24). The number of hydrogen-bond donors (Lipinski definition) is 1. The van der Waals surface area contributed by atoms with Crippen molar-refractivity contribution in [2.75, 3.05) is 20.8 Å². The fourth-order valence-electron chi connectivity index (χ4n) is 4.33. The lowest BCUT2D eigenvalue weighted by atomic mass is 9.73. The van der Waals surface area contributed by atoms with Crippen LogP contribution in [-0.2, 0) is 14.4 Å². The van der Waals surface area contributed by atoms with Gasteiger partial charge in [-0.05, 0) is 38.0 Å². The Morgan fingerprint density at radius 2 is 1.89 bits per heavy atom. The first-order valence-electron chi connectivity index (χ1n) is 9.76. The van der Waals surface area contributed by atoms with Crippen LogP contribution in [0.3, 0.4) is 0 Å². The second kappa shape index (κ2) is 8.20. The number of rotatable bonds is 6. The molecule has 7 nitrogen and oxygen atoms in total. The second-order valence-electron chi connectivity index (χ2n) is 7.70. The van der Waals surface area contributed by atoms with Crippen LogP contribution < -0.4 is 14.8 Å². The van der Waals surface area contributed by atoms with Crippen molar-refractivity contribution in [3.8, 4) is 11.5 Å². The largest absolute Gasteiger partial charge is 0.497 e. The van der Waals surface area contributed by atoms with Gasteiger partial charge in [-0.15, -0.1) is 0 Å². The summed E-state index contributed by atoms with van der Waals surface area (Å²) in [6.45, 7) is 1.58. The zero-order chi connectivity index (χ0) is 20.3. The normalized spacial score (nSPS) is 19.6. The van der Waals surface area contributed by atoms with E-state index in [1.165, 1.54) is 0 Å². The van der Waals surface area contributed by atoms with Crippen molar-refractivity contribution in [3.63, 3.8) is 0 Å². The van der Waals surface area contributed by atoms with Crippen molar-refractivity contribution >= 4 is 17.7 Å². The molecule has 152 valence electrons. The van der Waals surface area contributed by atoms with E-state index in [2.05, 4.69) is 5.32 Å². The van der Waals surface area contributed by atoms with Crippen LogP contribution in [0.1, 0.15) is 57.1 Å². The summed E-state index contributed by atoms with van der Waals surface area (Å²) in [4.78, 5) is 39.0. The summed E-state index contributed by atoms with van der Waals surface area (Å²) in [5.41, 5.74) is 0.190. The number of carbonyl (C=O) groups is 3. The molecule has 1 atom stereocenters. The van der Waals surface area contributed by atoms with Gasteiger partial charge in [-0.1, -0.05) is 19.3 Å². The van der Waals surface area contributed by atoms with Gasteiger partial charge < -0.3 is 14.8 Å². The van der Waals surface area contributed by atoms with Crippen LogP contribution in [0.4, 0.5) is 0 Å². The zero-order valence-corrected chi connectivity index (χ0v) is 16.7. The maximum absolute atomic E-state index is 12.9. The zero-order valence-electron chi connectivity index (χ0n) is 16.7. The molecule has 1 aromatic rings. The fourth-order valence-corrected chi connectivity index (χ4v) is 4.33. The van der Waals surface area contributed by atoms with E-state index >= 15 is 0 Å². The van der Waals surface area contributed by atoms with Gasteiger partial charge in [0.2, 0.25) is 17.7 Å². The Hall–Kier alpha value is -2.57. The summed E-state index contributed by atoms with van der Waals surface area (Å²) in [5.74, 6) is 0.490. The molecule has 2 aliphatic rings. The number of likely N-dealkylation sites (tertiary alicyclic amines) is 1. The molecule has 0 radical (unpaired) electrons. The number of nitrogens with zero attached hydrogens (tertiary/aromatic N) is 1. The number of benzene rings is 1. The van der Waals surface area contributed by atoms with Crippen molar-refractivity contribution in [1.29, 1.82) is 0 Å². The lowest BCUT2D eigenvalue weighted by Gasteiger charge is -2.30. The molecular formula is C21H28N2O5. The van der Waals surface area contributed by atoms with Gasteiger partial charge >= 0.3 is 0 Å². The lowest BCUT2D eigenvalue weighted by molar-refractivity contribution is -0.145. The minimum absolute atomic E-state index is 0.182. The van der Waals surface area contributed by atoms with E-state index in [-0.39, 0.29) is 36.7 Å². The summed E-state index contributed by atoms with van der Waals surface area (Å²) in [6, 6.07) is 4.99. The first-order valence-corrected chi connectivity index (χ1v) is 9.76. The Morgan fingerprint density at radius 1 is 1.18 bits per heavy atom. The number of imide groups is 1. The Labute approximate surface area is 165 Å². The van der Waals surface area contributed by atoms with Crippen LogP contribution in [0.2, 0.25) is 0 Å². The Bertz CT molecular complexity index is 770. The van der Waals surface area contributed by atoms with E-state index in [9.17, 15) is 14.4 Å². The number of ether oxygens (including phenoxy) is 2. The minimum Gasteiger partial charge on any atom is -0.497 e. The van der Waals surface area contributed by atoms with Crippen LogP contribution in [0, 0.1) is 5.41 Å². The molecule has 0 aromatic heterocycles. The van der Waals surface area contributed by atoms with Gasteiger partial charge in [-0.3, -0.25) is 19.3 Å². The third kappa shape index (κ3) is 3.84. The van der Waals surface area contributed by atoms with Gasteiger partial charge in [0.25, 0.3) is 0 Å². The van der Waals surface area contributed by atoms with E-state index in [1.54, 1.807) is 32.4 Å². The van der Waals surface area contributed by atoms with Crippen LogP contribution in [-0.4, -0.2) is 43.4 Å².